The van der Waals surface area contributed by atoms with Crippen LogP contribution in [0.2, 0.25) is 0 Å². The Kier molecular flexibility index (Phi) is 2.57. The van der Waals surface area contributed by atoms with E-state index in [0.717, 1.165) is 12.8 Å². The maximum Gasteiger partial charge on any atom is 0.328 e. The summed E-state index contributed by atoms with van der Waals surface area (Å²) in [5.41, 5.74) is 0.00166. The van der Waals surface area contributed by atoms with E-state index in [0.29, 0.717) is 24.3 Å². The lowest BCUT2D eigenvalue weighted by molar-refractivity contribution is 0.362. The molecule has 2 aromatic heterocycles. The van der Waals surface area contributed by atoms with Crippen LogP contribution < -0.4 is 5.69 Å². The number of aromatic nitrogens is 4. The predicted molar refractivity (Wildman–Crippen MR) is 64.5 cm³/mol. The summed E-state index contributed by atoms with van der Waals surface area (Å²) in [6.45, 7) is 4.35. The summed E-state index contributed by atoms with van der Waals surface area (Å²) in [4.78, 5) is 16.3. The molecule has 2 aromatic rings. The Morgan fingerprint density at radius 2 is 2.22 bits per heavy atom. The number of hydrogen-bond donors (Lipinski definition) is 0. The van der Waals surface area contributed by atoms with Crippen molar-refractivity contribution < 1.29 is 4.52 Å². The van der Waals surface area contributed by atoms with Crippen molar-refractivity contribution in [2.24, 2.45) is 0 Å². The average molecular weight is 248 g/mol. The van der Waals surface area contributed by atoms with Gasteiger partial charge in [-0.05, 0) is 12.8 Å². The van der Waals surface area contributed by atoms with Gasteiger partial charge in [-0.3, -0.25) is 9.13 Å². The van der Waals surface area contributed by atoms with Crippen molar-refractivity contribution in [1.82, 2.24) is 19.3 Å². The van der Waals surface area contributed by atoms with Gasteiger partial charge >= 0.3 is 5.69 Å². The molecule has 6 nitrogen and oxygen atoms in total. The molecule has 0 N–H and O–H groups in total. The molecule has 3 rings (SSSR count). The summed E-state index contributed by atoms with van der Waals surface area (Å²) in [6.07, 6.45) is 5.81. The van der Waals surface area contributed by atoms with E-state index in [1.165, 1.54) is 0 Å². The molecule has 1 saturated carbocycles. The molecule has 0 radical (unpaired) electrons. The third kappa shape index (κ3) is 1.98. The third-order valence-electron chi connectivity index (χ3n) is 3.12. The van der Waals surface area contributed by atoms with Gasteiger partial charge in [0.2, 0.25) is 5.89 Å². The summed E-state index contributed by atoms with van der Waals surface area (Å²) < 4.78 is 8.52. The molecule has 0 unspecified atom stereocenters. The molecule has 0 atom stereocenters. The Labute approximate surface area is 104 Å². The standard InChI is InChI=1S/C12H16N4O2/c1-8(2)11-13-10(18-14-11)7-15-5-6-16(12(15)17)9-3-4-9/h5-6,8-9H,3-4,7H2,1-2H3. The van der Waals surface area contributed by atoms with Gasteiger partial charge in [-0.25, -0.2) is 4.79 Å². The second kappa shape index (κ2) is 4.12. The number of imidazole rings is 1. The van der Waals surface area contributed by atoms with Crippen molar-refractivity contribution in [1.29, 1.82) is 0 Å². The summed E-state index contributed by atoms with van der Waals surface area (Å²) in [6, 6.07) is 0.396. The first-order valence-corrected chi connectivity index (χ1v) is 6.25. The van der Waals surface area contributed by atoms with Gasteiger partial charge in [0, 0.05) is 24.4 Å². The minimum Gasteiger partial charge on any atom is -0.337 e. The molecule has 96 valence electrons. The normalized spacial score (nSPS) is 15.5. The van der Waals surface area contributed by atoms with E-state index in [1.807, 2.05) is 20.0 Å². The number of rotatable bonds is 4. The fourth-order valence-corrected chi connectivity index (χ4v) is 1.89. The molecule has 0 spiro atoms. The fraction of sp³-hybridized carbons (Fsp3) is 0.583. The van der Waals surface area contributed by atoms with E-state index < -0.39 is 0 Å². The van der Waals surface area contributed by atoms with Crippen LogP contribution in [0.4, 0.5) is 0 Å². The smallest absolute Gasteiger partial charge is 0.328 e. The van der Waals surface area contributed by atoms with Crippen LogP contribution in [0.25, 0.3) is 0 Å². The van der Waals surface area contributed by atoms with Crippen molar-refractivity contribution in [2.45, 2.75) is 45.2 Å². The van der Waals surface area contributed by atoms with Crippen molar-refractivity contribution in [3.8, 4) is 0 Å². The van der Waals surface area contributed by atoms with Crippen LogP contribution in [0.1, 0.15) is 50.4 Å². The first-order valence-electron chi connectivity index (χ1n) is 6.25. The maximum atomic E-state index is 12.0. The van der Waals surface area contributed by atoms with Gasteiger partial charge in [0.15, 0.2) is 5.82 Å². The zero-order valence-electron chi connectivity index (χ0n) is 10.5. The van der Waals surface area contributed by atoms with Crippen LogP contribution in [0, 0.1) is 0 Å². The minimum absolute atomic E-state index is 0.00166. The van der Waals surface area contributed by atoms with Crippen LogP contribution in [-0.4, -0.2) is 19.3 Å². The van der Waals surface area contributed by atoms with E-state index >= 15 is 0 Å². The molecule has 0 bridgehead atoms. The Morgan fingerprint density at radius 1 is 1.44 bits per heavy atom. The van der Waals surface area contributed by atoms with E-state index in [9.17, 15) is 4.79 Å². The quantitative estimate of drug-likeness (QED) is 0.823. The van der Waals surface area contributed by atoms with Crippen LogP contribution in [-0.2, 0) is 6.54 Å². The van der Waals surface area contributed by atoms with Crippen LogP contribution >= 0.6 is 0 Å². The monoisotopic (exact) mass is 248 g/mol. The van der Waals surface area contributed by atoms with Gasteiger partial charge in [0.05, 0.1) is 0 Å². The molecule has 0 aliphatic heterocycles. The average Bonchev–Trinajstić information content (AvgIpc) is 2.95. The largest absolute Gasteiger partial charge is 0.337 e. The number of nitrogens with zero attached hydrogens (tertiary/aromatic N) is 4. The molecule has 0 amide bonds. The Balaban J connectivity index is 1.81. The molecule has 18 heavy (non-hydrogen) atoms. The van der Waals surface area contributed by atoms with Crippen molar-refractivity contribution in [3.05, 3.63) is 34.6 Å². The molecular weight excluding hydrogens is 232 g/mol. The maximum absolute atomic E-state index is 12.0. The molecule has 1 fully saturated rings. The van der Waals surface area contributed by atoms with Gasteiger partial charge in [-0.1, -0.05) is 19.0 Å². The first-order chi connectivity index (χ1) is 8.65. The number of hydrogen-bond acceptors (Lipinski definition) is 4. The lowest BCUT2D eigenvalue weighted by Gasteiger charge is -1.97. The summed E-state index contributed by atoms with van der Waals surface area (Å²) in [5.74, 6) is 1.39. The van der Waals surface area contributed by atoms with E-state index in [4.69, 9.17) is 4.52 Å². The summed E-state index contributed by atoms with van der Waals surface area (Å²) >= 11 is 0. The Morgan fingerprint density at radius 3 is 2.83 bits per heavy atom. The second-order valence-electron chi connectivity index (χ2n) is 5.05. The van der Waals surface area contributed by atoms with Crippen LogP contribution in [0.5, 0.6) is 0 Å². The molecule has 1 aliphatic carbocycles. The van der Waals surface area contributed by atoms with Gasteiger partial charge in [0.1, 0.15) is 6.54 Å². The SMILES string of the molecule is CC(C)c1noc(Cn2ccn(C3CC3)c2=O)n1. The van der Waals surface area contributed by atoms with Crippen molar-refractivity contribution in [2.75, 3.05) is 0 Å². The lowest BCUT2D eigenvalue weighted by Crippen LogP contribution is -2.23. The summed E-state index contributed by atoms with van der Waals surface area (Å²) in [7, 11) is 0. The molecule has 1 aliphatic rings. The van der Waals surface area contributed by atoms with Crippen molar-refractivity contribution >= 4 is 0 Å². The Bertz CT molecular complexity index is 604. The fourth-order valence-electron chi connectivity index (χ4n) is 1.89. The third-order valence-corrected chi connectivity index (χ3v) is 3.12. The highest BCUT2D eigenvalue weighted by Gasteiger charge is 2.25. The second-order valence-corrected chi connectivity index (χ2v) is 5.05. The van der Waals surface area contributed by atoms with Gasteiger partial charge in [-0.15, -0.1) is 0 Å². The van der Waals surface area contributed by atoms with Gasteiger partial charge < -0.3 is 4.52 Å². The molecule has 0 aromatic carbocycles. The first kappa shape index (κ1) is 11.3. The Hall–Kier alpha value is -1.85. The molecule has 2 heterocycles. The van der Waals surface area contributed by atoms with E-state index in [1.54, 1.807) is 15.3 Å². The van der Waals surface area contributed by atoms with Crippen LogP contribution in [0.15, 0.2) is 21.7 Å². The summed E-state index contributed by atoms with van der Waals surface area (Å²) in [5, 5.41) is 3.89. The molecule has 0 saturated heterocycles. The highest BCUT2D eigenvalue weighted by Crippen LogP contribution is 2.33. The van der Waals surface area contributed by atoms with Crippen molar-refractivity contribution in [3.63, 3.8) is 0 Å². The van der Waals surface area contributed by atoms with E-state index in [-0.39, 0.29) is 11.6 Å². The van der Waals surface area contributed by atoms with Crippen LogP contribution in [0.3, 0.4) is 0 Å². The predicted octanol–water partition coefficient (Wildman–Crippen LogP) is 1.54. The molecular formula is C12H16N4O2. The van der Waals surface area contributed by atoms with Gasteiger partial charge in [-0.2, -0.15) is 4.98 Å². The van der Waals surface area contributed by atoms with Gasteiger partial charge in [0.25, 0.3) is 0 Å². The van der Waals surface area contributed by atoms with E-state index in [2.05, 4.69) is 10.1 Å². The molecule has 6 heteroatoms. The zero-order valence-corrected chi connectivity index (χ0v) is 10.5. The highest BCUT2D eigenvalue weighted by atomic mass is 16.5. The highest BCUT2D eigenvalue weighted by molar-refractivity contribution is 4.96. The minimum atomic E-state index is 0.00166. The zero-order chi connectivity index (χ0) is 12.7. The lowest BCUT2D eigenvalue weighted by atomic mass is 10.2. The topological polar surface area (TPSA) is 65.8 Å².